The number of carbonyl (C=O) groups is 1. The molecule has 2 N–H and O–H groups in total. The van der Waals surface area contributed by atoms with Crippen LogP contribution in [-0.2, 0) is 0 Å². The molecule has 9 heteroatoms. The van der Waals surface area contributed by atoms with Crippen LogP contribution >= 0.6 is 11.3 Å². The maximum Gasteiger partial charge on any atom is 0.259 e. The third-order valence-corrected chi connectivity index (χ3v) is 6.38. The predicted molar refractivity (Wildman–Crippen MR) is 147 cm³/mol. The van der Waals surface area contributed by atoms with Crippen LogP contribution in [0.5, 0.6) is 5.75 Å². The van der Waals surface area contributed by atoms with Crippen molar-refractivity contribution < 1.29 is 14.6 Å². The minimum atomic E-state index is -0.317. The summed E-state index contributed by atoms with van der Waals surface area (Å²) in [6.07, 6.45) is 9.44. The highest BCUT2D eigenvalue weighted by molar-refractivity contribution is 7.19. The number of aliphatic imine (C=N–C) groups is 1. The molecule has 1 fully saturated rings. The minimum absolute atomic E-state index is 0.0463. The van der Waals surface area contributed by atoms with Crippen molar-refractivity contribution in [3.63, 3.8) is 0 Å². The molecule has 8 nitrogen and oxygen atoms in total. The van der Waals surface area contributed by atoms with Crippen LogP contribution in [0.4, 0.5) is 10.1 Å². The molecule has 0 atom stereocenters. The van der Waals surface area contributed by atoms with Crippen molar-refractivity contribution in [1.29, 1.82) is 0 Å². The third-order valence-electron chi connectivity index (χ3n) is 5.50. The van der Waals surface area contributed by atoms with Gasteiger partial charge in [-0.1, -0.05) is 30.8 Å². The number of aliphatic hydroxyl groups is 1. The van der Waals surface area contributed by atoms with Gasteiger partial charge in [0.05, 0.1) is 25.0 Å². The second-order valence-electron chi connectivity index (χ2n) is 8.76. The number of amides is 1. The molecule has 3 aromatic rings. The number of hydrogen-bond donors (Lipinski definition) is 2. The van der Waals surface area contributed by atoms with E-state index in [9.17, 15) is 4.79 Å². The maximum absolute atomic E-state index is 13.1. The number of rotatable bonds is 6. The number of pyridine rings is 2. The lowest BCUT2D eigenvalue weighted by Gasteiger charge is -2.13. The van der Waals surface area contributed by atoms with Gasteiger partial charge in [-0.15, -0.1) is 0 Å². The lowest BCUT2D eigenvalue weighted by molar-refractivity contribution is 0.102. The highest BCUT2D eigenvalue weighted by Gasteiger charge is 2.19. The molecular formula is C27H33N5O3S. The molecule has 1 saturated carbocycles. The third kappa shape index (κ3) is 7.05. The zero-order valence-corrected chi connectivity index (χ0v) is 22.3. The summed E-state index contributed by atoms with van der Waals surface area (Å²) in [4.78, 5) is 30.6. The molecule has 0 radical (unpaired) electrons. The first-order valence-electron chi connectivity index (χ1n) is 11.8. The van der Waals surface area contributed by atoms with Gasteiger partial charge >= 0.3 is 0 Å². The van der Waals surface area contributed by atoms with E-state index in [4.69, 9.17) is 9.84 Å². The van der Waals surface area contributed by atoms with Crippen LogP contribution in [0.1, 0.15) is 67.0 Å². The first-order chi connectivity index (χ1) is 17.2. The molecule has 0 saturated heterocycles. The van der Waals surface area contributed by atoms with E-state index in [0.29, 0.717) is 32.7 Å². The fourth-order valence-corrected chi connectivity index (χ4v) is 4.68. The summed E-state index contributed by atoms with van der Waals surface area (Å²) >= 11 is 1.29. The largest absolute Gasteiger partial charge is 0.494 e. The maximum atomic E-state index is 13.1. The van der Waals surface area contributed by atoms with Crippen LogP contribution in [0.25, 0.3) is 17.2 Å². The van der Waals surface area contributed by atoms with Gasteiger partial charge in [-0.2, -0.15) is 0 Å². The van der Waals surface area contributed by atoms with E-state index in [2.05, 4.69) is 31.8 Å². The Morgan fingerprint density at radius 1 is 1.17 bits per heavy atom. The van der Waals surface area contributed by atoms with E-state index < -0.39 is 0 Å². The molecule has 1 amide bonds. The Morgan fingerprint density at radius 3 is 2.36 bits per heavy atom. The predicted octanol–water partition coefficient (Wildman–Crippen LogP) is 6.15. The molecule has 36 heavy (non-hydrogen) atoms. The summed E-state index contributed by atoms with van der Waals surface area (Å²) < 4.78 is 5.47. The second-order valence-corrected chi connectivity index (χ2v) is 9.74. The zero-order valence-electron chi connectivity index (χ0n) is 21.5. The average Bonchev–Trinajstić information content (AvgIpc) is 3.47. The molecule has 0 aliphatic heterocycles. The zero-order chi connectivity index (χ0) is 26.2. The first kappa shape index (κ1) is 27.2. The lowest BCUT2D eigenvalue weighted by Crippen LogP contribution is -2.14. The van der Waals surface area contributed by atoms with Crippen LogP contribution in [0.15, 0.2) is 36.1 Å². The fourth-order valence-electron chi connectivity index (χ4n) is 3.75. The number of nitrogens with zero attached hydrogens (tertiary/aromatic N) is 4. The molecule has 3 heterocycles. The number of methoxy groups -OCH3 is 1. The molecule has 190 valence electrons. The van der Waals surface area contributed by atoms with Crippen molar-refractivity contribution in [3.05, 3.63) is 53.8 Å². The van der Waals surface area contributed by atoms with Gasteiger partial charge in [-0.05, 0) is 58.7 Å². The quantitative estimate of drug-likeness (QED) is 0.387. The Labute approximate surface area is 216 Å². The van der Waals surface area contributed by atoms with Gasteiger partial charge < -0.3 is 9.84 Å². The molecule has 0 aromatic carbocycles. The van der Waals surface area contributed by atoms with E-state index in [1.165, 1.54) is 24.2 Å². The van der Waals surface area contributed by atoms with Crippen LogP contribution in [0, 0.1) is 13.8 Å². The van der Waals surface area contributed by atoms with Crippen molar-refractivity contribution in [2.75, 3.05) is 12.4 Å². The van der Waals surface area contributed by atoms with Gasteiger partial charge in [-0.25, -0.2) is 9.98 Å². The Hall–Kier alpha value is -3.43. The Balaban J connectivity index is 0.000000526. The number of aromatic nitrogens is 3. The number of hydrogen-bond acceptors (Lipinski definition) is 8. The van der Waals surface area contributed by atoms with Gasteiger partial charge in [0.2, 0.25) is 0 Å². The van der Waals surface area contributed by atoms with Crippen molar-refractivity contribution in [3.8, 4) is 16.9 Å². The number of anilines is 1. The van der Waals surface area contributed by atoms with E-state index in [0.717, 1.165) is 35.5 Å². The smallest absolute Gasteiger partial charge is 0.259 e. The summed E-state index contributed by atoms with van der Waals surface area (Å²) in [5, 5.41) is 12.7. The van der Waals surface area contributed by atoms with Gasteiger partial charge in [0.25, 0.3) is 5.91 Å². The summed E-state index contributed by atoms with van der Waals surface area (Å²) in [6, 6.07) is 3.75. The summed E-state index contributed by atoms with van der Waals surface area (Å²) in [7, 11) is 1.58. The SMILES string of the molecule is C=Cc1nc(NC(=O)c2cnc(C)cc2-c2cc(C)ncc2OC)sc1N=C(C)C.OC1CCCC1. The molecule has 1 aliphatic rings. The van der Waals surface area contributed by atoms with E-state index >= 15 is 0 Å². The first-order valence-corrected chi connectivity index (χ1v) is 12.7. The summed E-state index contributed by atoms with van der Waals surface area (Å²) in [6.45, 7) is 11.3. The molecule has 0 bridgehead atoms. The van der Waals surface area contributed by atoms with Crippen molar-refractivity contribution in [2.45, 2.75) is 59.5 Å². The summed E-state index contributed by atoms with van der Waals surface area (Å²) in [5.74, 6) is 0.264. The van der Waals surface area contributed by atoms with E-state index in [1.807, 2.05) is 39.8 Å². The van der Waals surface area contributed by atoms with Gasteiger partial charge in [-0.3, -0.25) is 20.1 Å². The molecular weight excluding hydrogens is 474 g/mol. The number of carbonyl (C=O) groups excluding carboxylic acids is 1. The highest BCUT2D eigenvalue weighted by Crippen LogP contribution is 2.35. The monoisotopic (exact) mass is 507 g/mol. The molecule has 3 aromatic heterocycles. The number of ether oxygens (including phenoxy) is 1. The minimum Gasteiger partial charge on any atom is -0.494 e. The number of thiazole rings is 1. The topological polar surface area (TPSA) is 110 Å². The second kappa shape index (κ2) is 12.5. The molecule has 0 spiro atoms. The Bertz CT molecular complexity index is 1260. The van der Waals surface area contributed by atoms with Gasteiger partial charge in [0.15, 0.2) is 5.13 Å². The molecule has 1 aliphatic carbocycles. The van der Waals surface area contributed by atoms with Gasteiger partial charge in [0, 0.05) is 34.4 Å². The van der Waals surface area contributed by atoms with Crippen molar-refractivity contribution >= 4 is 39.2 Å². The number of nitrogens with one attached hydrogen (secondary N) is 1. The molecule has 0 unspecified atom stereocenters. The van der Waals surface area contributed by atoms with Crippen LogP contribution < -0.4 is 10.1 Å². The van der Waals surface area contributed by atoms with Crippen LogP contribution in [0.2, 0.25) is 0 Å². The lowest BCUT2D eigenvalue weighted by atomic mass is 9.99. The normalized spacial score (nSPS) is 12.9. The Kier molecular flexibility index (Phi) is 9.44. The van der Waals surface area contributed by atoms with Crippen molar-refractivity contribution in [2.24, 2.45) is 4.99 Å². The highest BCUT2D eigenvalue weighted by atomic mass is 32.1. The fraction of sp³-hybridized carbons (Fsp3) is 0.370. The molecule has 4 rings (SSSR count). The standard InChI is InChI=1S/C22H23N5O2S.C5H10O/c1-7-18-21(25-12(2)3)30-22(26-18)27-20(28)17-10-23-13(4)8-15(17)16-9-14(5)24-11-19(16)29-6;6-5-3-1-2-4-5/h7-11H,1H2,2-6H3,(H,26,27,28);5-6H,1-4H2. The van der Waals surface area contributed by atoms with Gasteiger partial charge in [0.1, 0.15) is 16.4 Å². The summed E-state index contributed by atoms with van der Waals surface area (Å²) in [5.41, 5.74) is 5.03. The average molecular weight is 508 g/mol. The Morgan fingerprint density at radius 2 is 1.81 bits per heavy atom. The van der Waals surface area contributed by atoms with E-state index in [1.54, 1.807) is 25.6 Å². The van der Waals surface area contributed by atoms with Crippen LogP contribution in [0.3, 0.4) is 0 Å². The van der Waals surface area contributed by atoms with Crippen molar-refractivity contribution in [1.82, 2.24) is 15.0 Å². The number of aryl methyl sites for hydroxylation is 2. The number of aliphatic hydroxyl groups excluding tert-OH is 1. The van der Waals surface area contributed by atoms with E-state index in [-0.39, 0.29) is 12.0 Å². The van der Waals surface area contributed by atoms with Crippen LogP contribution in [-0.4, -0.2) is 44.9 Å².